The van der Waals surface area contributed by atoms with E-state index in [0.717, 1.165) is 12.1 Å². The van der Waals surface area contributed by atoms with Crippen LogP contribution in [0, 0.1) is 0 Å². The van der Waals surface area contributed by atoms with E-state index in [1.165, 1.54) is 0 Å². The highest BCUT2D eigenvalue weighted by Gasteiger charge is 2.16. The zero-order valence-corrected chi connectivity index (χ0v) is 9.95. The maximum Gasteiger partial charge on any atom is 0.174 e. The molecule has 3 nitrogen and oxygen atoms in total. The van der Waals surface area contributed by atoms with E-state index in [2.05, 4.69) is 36.3 Å². The van der Waals surface area contributed by atoms with Crippen LogP contribution in [0.2, 0.25) is 10.3 Å². The molecule has 0 saturated carbocycles. The Morgan fingerprint density at radius 1 is 1.36 bits per heavy atom. The Kier molecular flexibility index (Phi) is 3.56. The molecular weight excluding hydrogens is 221 g/mol. The van der Waals surface area contributed by atoms with Crippen molar-refractivity contribution in [3.63, 3.8) is 0 Å². The molecule has 0 bridgehead atoms. The van der Waals surface area contributed by atoms with Gasteiger partial charge in [-0.1, -0.05) is 30.1 Å². The third-order valence-electron chi connectivity index (χ3n) is 2.08. The van der Waals surface area contributed by atoms with Gasteiger partial charge in [0.25, 0.3) is 0 Å². The van der Waals surface area contributed by atoms with Crippen molar-refractivity contribution in [1.82, 2.24) is 10.2 Å². The Labute approximate surface area is 93.8 Å². The first kappa shape index (κ1) is 11.5. The number of anilines is 1. The standard InChI is InChI=1S/C9H13Cl2N3/c1-4-9(2,3)12-6-5-7(10)13-14-8(6)11/h5H,4H2,1-3H3,(H,12,13). The second-order valence-corrected chi connectivity index (χ2v) is 4.48. The van der Waals surface area contributed by atoms with Crippen LogP contribution < -0.4 is 5.32 Å². The number of halogens is 2. The quantitative estimate of drug-likeness (QED) is 0.871. The number of aromatic nitrogens is 2. The van der Waals surface area contributed by atoms with Gasteiger partial charge < -0.3 is 5.32 Å². The van der Waals surface area contributed by atoms with Gasteiger partial charge in [-0.3, -0.25) is 0 Å². The summed E-state index contributed by atoms with van der Waals surface area (Å²) >= 11 is 11.6. The number of hydrogen-bond donors (Lipinski definition) is 1. The molecule has 0 amide bonds. The van der Waals surface area contributed by atoms with E-state index in [9.17, 15) is 0 Å². The Bertz CT molecular complexity index is 326. The highest BCUT2D eigenvalue weighted by atomic mass is 35.5. The van der Waals surface area contributed by atoms with Gasteiger partial charge in [0.1, 0.15) is 0 Å². The van der Waals surface area contributed by atoms with Crippen LogP contribution >= 0.6 is 23.2 Å². The molecule has 0 fully saturated rings. The summed E-state index contributed by atoms with van der Waals surface area (Å²) in [6, 6.07) is 1.67. The van der Waals surface area contributed by atoms with Crippen LogP contribution in [0.4, 0.5) is 5.69 Å². The fourth-order valence-electron chi connectivity index (χ4n) is 0.894. The molecule has 0 unspecified atom stereocenters. The molecular formula is C9H13Cl2N3. The molecule has 1 rings (SSSR count). The molecule has 0 aliphatic rings. The summed E-state index contributed by atoms with van der Waals surface area (Å²) in [7, 11) is 0. The van der Waals surface area contributed by atoms with Crippen LogP contribution in [0.15, 0.2) is 6.07 Å². The number of hydrogen-bond acceptors (Lipinski definition) is 3. The van der Waals surface area contributed by atoms with Crippen molar-refractivity contribution in [2.45, 2.75) is 32.7 Å². The van der Waals surface area contributed by atoms with Gasteiger partial charge in [-0.05, 0) is 20.3 Å². The largest absolute Gasteiger partial charge is 0.378 e. The maximum absolute atomic E-state index is 5.86. The highest BCUT2D eigenvalue weighted by molar-refractivity contribution is 6.33. The minimum atomic E-state index is -0.0317. The summed E-state index contributed by atoms with van der Waals surface area (Å²) in [6.07, 6.45) is 0.975. The molecule has 0 spiro atoms. The Hall–Kier alpha value is -0.540. The van der Waals surface area contributed by atoms with Crippen LogP contribution in [-0.4, -0.2) is 15.7 Å². The van der Waals surface area contributed by atoms with Crippen LogP contribution in [0.25, 0.3) is 0 Å². The van der Waals surface area contributed by atoms with Crippen molar-refractivity contribution in [2.24, 2.45) is 0 Å². The summed E-state index contributed by atoms with van der Waals surface area (Å²) in [6.45, 7) is 6.26. The molecule has 14 heavy (non-hydrogen) atoms. The second-order valence-electron chi connectivity index (χ2n) is 3.73. The Morgan fingerprint density at radius 3 is 2.57 bits per heavy atom. The van der Waals surface area contributed by atoms with E-state index in [-0.39, 0.29) is 5.54 Å². The third kappa shape index (κ3) is 3.00. The first-order valence-electron chi connectivity index (χ1n) is 4.41. The van der Waals surface area contributed by atoms with Crippen LogP contribution in [0.5, 0.6) is 0 Å². The van der Waals surface area contributed by atoms with Crippen LogP contribution in [0.3, 0.4) is 0 Å². The lowest BCUT2D eigenvalue weighted by molar-refractivity contribution is 0.547. The summed E-state index contributed by atoms with van der Waals surface area (Å²) < 4.78 is 0. The SMILES string of the molecule is CCC(C)(C)Nc1cc(Cl)nnc1Cl. The van der Waals surface area contributed by atoms with Crippen LogP contribution in [0.1, 0.15) is 27.2 Å². The fourth-order valence-corrected chi connectivity index (χ4v) is 1.18. The highest BCUT2D eigenvalue weighted by Crippen LogP contribution is 2.25. The van der Waals surface area contributed by atoms with E-state index in [0.29, 0.717) is 10.3 Å². The maximum atomic E-state index is 5.86. The lowest BCUT2D eigenvalue weighted by atomic mass is 10.0. The predicted octanol–water partition coefficient (Wildman–Crippen LogP) is 3.38. The molecule has 1 aromatic rings. The van der Waals surface area contributed by atoms with Gasteiger partial charge in [-0.25, -0.2) is 0 Å². The van der Waals surface area contributed by atoms with Gasteiger partial charge in [-0.2, -0.15) is 0 Å². The molecule has 5 heteroatoms. The van der Waals surface area contributed by atoms with Gasteiger partial charge in [0.05, 0.1) is 5.69 Å². The summed E-state index contributed by atoms with van der Waals surface area (Å²) in [5.74, 6) is 0. The number of nitrogens with one attached hydrogen (secondary N) is 1. The molecule has 78 valence electrons. The first-order chi connectivity index (χ1) is 6.44. The molecule has 0 radical (unpaired) electrons. The number of nitrogens with zero attached hydrogens (tertiary/aromatic N) is 2. The van der Waals surface area contributed by atoms with E-state index < -0.39 is 0 Å². The van der Waals surface area contributed by atoms with Crippen molar-refractivity contribution in [2.75, 3.05) is 5.32 Å². The van der Waals surface area contributed by atoms with E-state index in [1.807, 2.05) is 0 Å². The lowest BCUT2D eigenvalue weighted by Crippen LogP contribution is -2.29. The van der Waals surface area contributed by atoms with E-state index in [1.54, 1.807) is 6.07 Å². The van der Waals surface area contributed by atoms with E-state index in [4.69, 9.17) is 23.2 Å². The summed E-state index contributed by atoms with van der Waals surface area (Å²) in [5.41, 5.74) is 0.689. The smallest absolute Gasteiger partial charge is 0.174 e. The molecule has 1 aromatic heterocycles. The topological polar surface area (TPSA) is 37.8 Å². The Balaban J connectivity index is 2.91. The van der Waals surface area contributed by atoms with Crippen LogP contribution in [-0.2, 0) is 0 Å². The second kappa shape index (κ2) is 4.32. The molecule has 0 aromatic carbocycles. The first-order valence-corrected chi connectivity index (χ1v) is 5.17. The number of rotatable bonds is 3. The minimum Gasteiger partial charge on any atom is -0.378 e. The minimum absolute atomic E-state index is 0.0317. The molecule has 0 aliphatic heterocycles. The van der Waals surface area contributed by atoms with Crippen molar-refractivity contribution in [1.29, 1.82) is 0 Å². The zero-order valence-electron chi connectivity index (χ0n) is 8.43. The van der Waals surface area contributed by atoms with Gasteiger partial charge in [0, 0.05) is 11.6 Å². The lowest BCUT2D eigenvalue weighted by Gasteiger charge is -2.26. The molecule has 0 saturated heterocycles. The molecule has 0 aliphatic carbocycles. The van der Waals surface area contributed by atoms with Crippen molar-refractivity contribution < 1.29 is 0 Å². The van der Waals surface area contributed by atoms with Crippen molar-refractivity contribution in [3.8, 4) is 0 Å². The predicted molar refractivity (Wildman–Crippen MR) is 60.0 cm³/mol. The molecule has 1 heterocycles. The van der Waals surface area contributed by atoms with Gasteiger partial charge >= 0.3 is 0 Å². The van der Waals surface area contributed by atoms with Gasteiger partial charge in [-0.15, -0.1) is 10.2 Å². The average molecular weight is 234 g/mol. The van der Waals surface area contributed by atoms with Crippen molar-refractivity contribution in [3.05, 3.63) is 16.4 Å². The van der Waals surface area contributed by atoms with Gasteiger partial charge in [0.15, 0.2) is 10.3 Å². The zero-order chi connectivity index (χ0) is 10.8. The molecule has 1 N–H and O–H groups in total. The summed E-state index contributed by atoms with van der Waals surface area (Å²) in [5, 5.41) is 11.3. The monoisotopic (exact) mass is 233 g/mol. The van der Waals surface area contributed by atoms with E-state index >= 15 is 0 Å². The normalized spacial score (nSPS) is 11.5. The van der Waals surface area contributed by atoms with Gasteiger partial charge in [0.2, 0.25) is 0 Å². The molecule has 0 atom stereocenters. The third-order valence-corrected chi connectivity index (χ3v) is 2.54. The summed E-state index contributed by atoms with van der Waals surface area (Å²) in [4.78, 5) is 0. The van der Waals surface area contributed by atoms with Crippen molar-refractivity contribution >= 4 is 28.9 Å². The Morgan fingerprint density at radius 2 is 2.00 bits per heavy atom. The fraction of sp³-hybridized carbons (Fsp3) is 0.556. The average Bonchev–Trinajstić information content (AvgIpc) is 2.11.